The molecule has 4 heteroatoms. The first kappa shape index (κ1) is 5.35. The maximum Gasteiger partial charge on any atom is 0.223 e. The topological polar surface area (TPSA) is 21.3 Å². The average molecular weight is 107 g/mol. The van der Waals surface area contributed by atoms with Gasteiger partial charge in [0, 0.05) is 0 Å². The fraction of sp³-hybridized carbons (Fsp3) is 1.00. The molecular formula is CH9NOSi2. The van der Waals surface area contributed by atoms with E-state index in [1.165, 1.54) is 0 Å². The Morgan fingerprint density at radius 2 is 2.60 bits per heavy atom. The molecule has 32 valence electrons. The lowest BCUT2D eigenvalue weighted by atomic mass is 11.6. The molecule has 0 aliphatic rings. The minimum Gasteiger partial charge on any atom is -0.457 e. The Balaban J connectivity index is 2.19. The van der Waals surface area contributed by atoms with E-state index in [4.69, 9.17) is 4.12 Å². The minimum atomic E-state index is -0.256. The molecule has 0 amide bonds. The monoisotopic (exact) mass is 107 g/mol. The molecule has 0 rings (SSSR count). The van der Waals surface area contributed by atoms with Crippen molar-refractivity contribution in [1.82, 2.24) is 4.98 Å². The fourth-order valence-corrected chi connectivity index (χ4v) is 1.30. The van der Waals surface area contributed by atoms with E-state index in [-0.39, 0.29) is 9.92 Å². The first-order valence-corrected chi connectivity index (χ1v) is 3.65. The van der Waals surface area contributed by atoms with Crippen LogP contribution in [0.15, 0.2) is 0 Å². The Hall–Kier alpha value is 0.354. The van der Waals surface area contributed by atoms with Gasteiger partial charge in [0.05, 0.1) is 0 Å². The van der Waals surface area contributed by atoms with Crippen LogP contribution in [0.1, 0.15) is 0 Å². The van der Waals surface area contributed by atoms with Crippen LogP contribution in [0.2, 0.25) is 0 Å². The maximum absolute atomic E-state index is 4.86. The Labute approximate surface area is 37.5 Å². The molecule has 0 aliphatic heterocycles. The van der Waals surface area contributed by atoms with Crippen LogP contribution >= 0.6 is 0 Å². The predicted octanol–water partition coefficient (Wildman–Crippen LogP) is -2.50. The van der Waals surface area contributed by atoms with Gasteiger partial charge in [-0.15, -0.1) is 0 Å². The Kier molecular flexibility index (Phi) is 4.66. The van der Waals surface area contributed by atoms with Crippen molar-refractivity contribution in [2.75, 3.05) is 7.05 Å². The smallest absolute Gasteiger partial charge is 0.223 e. The van der Waals surface area contributed by atoms with Gasteiger partial charge in [0.15, 0.2) is 0 Å². The normalized spacial score (nSPS) is 11.4. The average Bonchev–Trinajstić information content (AvgIpc) is 1.41. The summed E-state index contributed by atoms with van der Waals surface area (Å²) >= 11 is 0. The second kappa shape index (κ2) is 4.35. The van der Waals surface area contributed by atoms with Gasteiger partial charge in [-0.2, -0.15) is 0 Å². The van der Waals surface area contributed by atoms with Crippen molar-refractivity contribution in [3.63, 3.8) is 0 Å². The molecule has 0 saturated heterocycles. The molecule has 2 nitrogen and oxygen atoms in total. The molecule has 0 heterocycles. The summed E-state index contributed by atoms with van der Waals surface area (Å²) in [5.74, 6) is 0. The zero-order valence-electron chi connectivity index (χ0n) is 3.62. The van der Waals surface area contributed by atoms with Crippen molar-refractivity contribution in [2.45, 2.75) is 0 Å². The third-order valence-electron chi connectivity index (χ3n) is 0.289. The molecule has 0 aromatic heterocycles. The zero-order chi connectivity index (χ0) is 4.12. The van der Waals surface area contributed by atoms with Crippen LogP contribution in [0.25, 0.3) is 0 Å². The van der Waals surface area contributed by atoms with Gasteiger partial charge in [0.2, 0.25) is 9.92 Å². The second-order valence-corrected chi connectivity index (χ2v) is 4.09. The van der Waals surface area contributed by atoms with Gasteiger partial charge in [-0.3, -0.25) is 0 Å². The fourth-order valence-electron chi connectivity index (χ4n) is 0.144. The van der Waals surface area contributed by atoms with Crippen LogP contribution in [-0.4, -0.2) is 27.5 Å². The maximum atomic E-state index is 4.86. The molecule has 0 aliphatic carbocycles. The summed E-state index contributed by atoms with van der Waals surface area (Å²) in [6.07, 6.45) is 0. The highest BCUT2D eigenvalue weighted by atomic mass is 28.3. The van der Waals surface area contributed by atoms with Crippen molar-refractivity contribution in [2.24, 2.45) is 0 Å². The Morgan fingerprint density at radius 1 is 2.00 bits per heavy atom. The Bertz CT molecular complexity index is 17.1. The zero-order valence-corrected chi connectivity index (χ0v) is 7.03. The van der Waals surface area contributed by atoms with Crippen LogP contribution in [0.3, 0.4) is 0 Å². The van der Waals surface area contributed by atoms with Crippen LogP contribution in [0, 0.1) is 0 Å². The third-order valence-corrected chi connectivity index (χ3v) is 1.73. The second-order valence-electron chi connectivity index (χ2n) is 0.787. The molecule has 1 N–H and O–H groups in total. The van der Waals surface area contributed by atoms with Crippen LogP contribution in [-0.2, 0) is 4.12 Å². The summed E-state index contributed by atoms with van der Waals surface area (Å²) in [6, 6.07) is 0. The van der Waals surface area contributed by atoms with E-state index in [1.807, 2.05) is 7.05 Å². The van der Waals surface area contributed by atoms with Gasteiger partial charge in [-0.25, -0.2) is 0 Å². The molecule has 0 fully saturated rings. The molecule has 0 saturated carbocycles. The quantitative estimate of drug-likeness (QED) is 0.394. The summed E-state index contributed by atoms with van der Waals surface area (Å²) in [6.45, 7) is 0. The predicted molar refractivity (Wildman–Crippen MR) is 28.6 cm³/mol. The first-order valence-electron chi connectivity index (χ1n) is 1.55. The largest absolute Gasteiger partial charge is 0.457 e. The lowest BCUT2D eigenvalue weighted by Gasteiger charge is -1.87. The first-order chi connectivity index (χ1) is 2.41. The van der Waals surface area contributed by atoms with E-state index < -0.39 is 0 Å². The van der Waals surface area contributed by atoms with Crippen LogP contribution < -0.4 is 4.98 Å². The van der Waals surface area contributed by atoms with E-state index in [1.54, 1.807) is 0 Å². The standard InChI is InChI=1S/CH9NOSi2/c1-2-5-3-4/h2H,5H2,1,4H3. The number of hydrogen-bond acceptors (Lipinski definition) is 2. The molecule has 0 aromatic carbocycles. The minimum absolute atomic E-state index is 0.256. The lowest BCUT2D eigenvalue weighted by Crippen LogP contribution is -2.14. The van der Waals surface area contributed by atoms with Gasteiger partial charge in [0.1, 0.15) is 10.5 Å². The van der Waals surface area contributed by atoms with Gasteiger partial charge < -0.3 is 9.10 Å². The molecule has 0 radical (unpaired) electrons. The number of rotatable bonds is 2. The van der Waals surface area contributed by atoms with E-state index in [0.29, 0.717) is 0 Å². The summed E-state index contributed by atoms with van der Waals surface area (Å²) in [5, 5.41) is 0. The highest BCUT2D eigenvalue weighted by Crippen LogP contribution is 1.40. The molecular weight excluding hydrogens is 98.2 g/mol. The lowest BCUT2D eigenvalue weighted by molar-refractivity contribution is 0.649. The molecule has 0 bridgehead atoms. The SMILES string of the molecule is CN[SiH2]O[SiH3]. The van der Waals surface area contributed by atoms with Crippen LogP contribution in [0.4, 0.5) is 0 Å². The highest BCUT2D eigenvalue weighted by molar-refractivity contribution is 6.31. The van der Waals surface area contributed by atoms with Crippen molar-refractivity contribution < 1.29 is 4.12 Å². The van der Waals surface area contributed by atoms with Crippen molar-refractivity contribution in [3.8, 4) is 0 Å². The van der Waals surface area contributed by atoms with Gasteiger partial charge in [-0.05, 0) is 7.05 Å². The summed E-state index contributed by atoms with van der Waals surface area (Å²) in [4.78, 5) is 2.97. The van der Waals surface area contributed by atoms with Gasteiger partial charge in [-0.1, -0.05) is 0 Å². The van der Waals surface area contributed by atoms with Crippen LogP contribution in [0.5, 0.6) is 0 Å². The summed E-state index contributed by atoms with van der Waals surface area (Å²) in [7, 11) is 2.56. The van der Waals surface area contributed by atoms with E-state index >= 15 is 0 Å². The van der Waals surface area contributed by atoms with Crippen molar-refractivity contribution in [3.05, 3.63) is 0 Å². The highest BCUT2D eigenvalue weighted by Gasteiger charge is 1.65. The van der Waals surface area contributed by atoms with E-state index in [9.17, 15) is 0 Å². The molecule has 0 spiro atoms. The number of hydrogen-bond donors (Lipinski definition) is 1. The van der Waals surface area contributed by atoms with Gasteiger partial charge in [0.25, 0.3) is 0 Å². The molecule has 0 unspecified atom stereocenters. The molecule has 5 heavy (non-hydrogen) atoms. The van der Waals surface area contributed by atoms with Crippen molar-refractivity contribution in [1.29, 1.82) is 0 Å². The summed E-state index contributed by atoms with van der Waals surface area (Å²) in [5.41, 5.74) is 0. The Morgan fingerprint density at radius 3 is 2.60 bits per heavy atom. The third kappa shape index (κ3) is 4.35. The van der Waals surface area contributed by atoms with E-state index in [2.05, 4.69) is 4.98 Å². The number of nitrogens with one attached hydrogen (secondary N) is 1. The molecule has 0 aromatic rings. The molecule has 0 atom stereocenters. The van der Waals surface area contributed by atoms with Crippen molar-refractivity contribution >= 4 is 20.4 Å². The van der Waals surface area contributed by atoms with Gasteiger partial charge >= 0.3 is 0 Å². The van der Waals surface area contributed by atoms with E-state index in [0.717, 1.165) is 10.5 Å². The summed E-state index contributed by atoms with van der Waals surface area (Å²) < 4.78 is 4.86.